The number of allylic oxidation sites excluding steroid dienone is 8. The van der Waals surface area contributed by atoms with Crippen molar-refractivity contribution >= 4 is 11.8 Å². The predicted octanol–water partition coefficient (Wildman–Crippen LogP) is 5.14. The van der Waals surface area contributed by atoms with Crippen molar-refractivity contribution in [2.45, 2.75) is 39.0 Å². The van der Waals surface area contributed by atoms with Crippen molar-refractivity contribution < 1.29 is 14.3 Å². The van der Waals surface area contributed by atoms with E-state index in [9.17, 15) is 9.59 Å². The summed E-state index contributed by atoms with van der Waals surface area (Å²) in [4.78, 5) is 23.9. The standard InChI is InChI=1S/C24H26O3/c1-3-22-19(13-15-23(22)18-6-4-5-7-18)12-14-21(25)16-17-8-10-20(11-9-17)24(26)27-2/h4-6,8-11,13,15,22H,3,7,12,14,16H2,1-2H3. The Labute approximate surface area is 161 Å². The van der Waals surface area contributed by atoms with Gasteiger partial charge >= 0.3 is 5.97 Å². The molecule has 0 saturated carbocycles. The van der Waals surface area contributed by atoms with Gasteiger partial charge in [0.05, 0.1) is 12.7 Å². The van der Waals surface area contributed by atoms with Crippen LogP contribution in [0, 0.1) is 5.92 Å². The van der Waals surface area contributed by atoms with Crippen LogP contribution in [0.2, 0.25) is 0 Å². The Hall–Kier alpha value is -2.68. The van der Waals surface area contributed by atoms with E-state index in [2.05, 4.69) is 37.3 Å². The van der Waals surface area contributed by atoms with Crippen molar-refractivity contribution in [2.75, 3.05) is 7.11 Å². The van der Waals surface area contributed by atoms with Gasteiger partial charge in [0.2, 0.25) is 0 Å². The van der Waals surface area contributed by atoms with E-state index in [1.807, 2.05) is 12.1 Å². The van der Waals surface area contributed by atoms with Gasteiger partial charge in [-0.1, -0.05) is 55.0 Å². The summed E-state index contributed by atoms with van der Waals surface area (Å²) in [5.41, 5.74) is 5.63. The van der Waals surface area contributed by atoms with Crippen LogP contribution in [0.15, 0.2) is 71.4 Å². The van der Waals surface area contributed by atoms with Gasteiger partial charge in [0.15, 0.2) is 0 Å². The molecule has 0 heterocycles. The Morgan fingerprint density at radius 1 is 1.11 bits per heavy atom. The lowest BCUT2D eigenvalue weighted by atomic mass is 9.85. The quantitative estimate of drug-likeness (QED) is 0.601. The molecule has 0 fully saturated rings. The Balaban J connectivity index is 1.51. The van der Waals surface area contributed by atoms with E-state index in [4.69, 9.17) is 4.74 Å². The number of esters is 1. The number of ether oxygens (including phenoxy) is 1. The summed E-state index contributed by atoms with van der Waals surface area (Å²) in [6, 6.07) is 7.07. The molecule has 0 bridgehead atoms. The van der Waals surface area contributed by atoms with Crippen LogP contribution in [0.3, 0.4) is 0 Å². The van der Waals surface area contributed by atoms with Gasteiger partial charge in [0.1, 0.15) is 5.78 Å². The van der Waals surface area contributed by atoms with Gasteiger partial charge in [-0.2, -0.15) is 0 Å². The largest absolute Gasteiger partial charge is 0.465 e. The zero-order valence-electron chi connectivity index (χ0n) is 16.0. The summed E-state index contributed by atoms with van der Waals surface area (Å²) in [6.45, 7) is 2.21. The van der Waals surface area contributed by atoms with Crippen molar-refractivity contribution in [1.29, 1.82) is 0 Å². The van der Waals surface area contributed by atoms with E-state index in [0.717, 1.165) is 24.8 Å². The first-order valence-electron chi connectivity index (χ1n) is 9.58. The highest BCUT2D eigenvalue weighted by molar-refractivity contribution is 5.89. The van der Waals surface area contributed by atoms with E-state index in [0.29, 0.717) is 24.3 Å². The second-order valence-corrected chi connectivity index (χ2v) is 7.05. The van der Waals surface area contributed by atoms with Crippen molar-refractivity contribution in [2.24, 2.45) is 5.92 Å². The molecule has 2 aliphatic carbocycles. The second kappa shape index (κ2) is 8.81. The van der Waals surface area contributed by atoms with Crippen LogP contribution in [0.5, 0.6) is 0 Å². The minimum Gasteiger partial charge on any atom is -0.465 e. The minimum absolute atomic E-state index is 0.228. The Morgan fingerprint density at radius 2 is 1.89 bits per heavy atom. The third-order valence-electron chi connectivity index (χ3n) is 5.32. The topological polar surface area (TPSA) is 43.4 Å². The summed E-state index contributed by atoms with van der Waals surface area (Å²) >= 11 is 0. The lowest BCUT2D eigenvalue weighted by Crippen LogP contribution is -2.08. The first-order valence-corrected chi connectivity index (χ1v) is 9.58. The number of hydrogen-bond acceptors (Lipinski definition) is 3. The summed E-state index contributed by atoms with van der Waals surface area (Å²) in [7, 11) is 1.36. The van der Waals surface area contributed by atoms with E-state index in [-0.39, 0.29) is 11.8 Å². The first kappa shape index (κ1) is 19.1. The third-order valence-corrected chi connectivity index (χ3v) is 5.32. The van der Waals surface area contributed by atoms with Crippen molar-refractivity contribution in [3.8, 4) is 0 Å². The van der Waals surface area contributed by atoms with Gasteiger partial charge in [0.25, 0.3) is 0 Å². The van der Waals surface area contributed by atoms with Crippen LogP contribution in [0.1, 0.15) is 48.5 Å². The molecule has 0 amide bonds. The summed E-state index contributed by atoms with van der Waals surface area (Å²) in [5.74, 6) is 0.317. The summed E-state index contributed by atoms with van der Waals surface area (Å²) in [5, 5.41) is 0. The van der Waals surface area contributed by atoms with Crippen LogP contribution >= 0.6 is 0 Å². The Kier molecular flexibility index (Phi) is 6.23. The van der Waals surface area contributed by atoms with Gasteiger partial charge < -0.3 is 4.74 Å². The van der Waals surface area contributed by atoms with Gasteiger partial charge in [-0.3, -0.25) is 4.79 Å². The average molecular weight is 362 g/mol. The molecule has 0 aromatic heterocycles. The summed E-state index contributed by atoms with van der Waals surface area (Å²) in [6.07, 6.45) is 14.8. The van der Waals surface area contributed by atoms with Crippen molar-refractivity contribution in [3.63, 3.8) is 0 Å². The van der Waals surface area contributed by atoms with E-state index in [1.165, 1.54) is 23.8 Å². The van der Waals surface area contributed by atoms with Gasteiger partial charge in [-0.05, 0) is 48.1 Å². The Morgan fingerprint density at radius 3 is 2.52 bits per heavy atom. The number of benzene rings is 1. The van der Waals surface area contributed by atoms with Gasteiger partial charge in [0, 0.05) is 18.8 Å². The molecule has 0 N–H and O–H groups in total. The van der Waals surface area contributed by atoms with E-state index >= 15 is 0 Å². The van der Waals surface area contributed by atoms with Crippen molar-refractivity contribution in [1.82, 2.24) is 0 Å². The highest BCUT2D eigenvalue weighted by atomic mass is 16.5. The Bertz CT molecular complexity index is 835. The molecule has 3 heteroatoms. The normalized spacial score (nSPS) is 18.1. The van der Waals surface area contributed by atoms with E-state index in [1.54, 1.807) is 12.1 Å². The number of carbonyl (C=O) groups is 2. The van der Waals surface area contributed by atoms with Gasteiger partial charge in [-0.25, -0.2) is 4.79 Å². The number of hydrogen-bond donors (Lipinski definition) is 0. The molecule has 0 saturated heterocycles. The SMILES string of the molecule is CCC1C(CCC(=O)Cc2ccc(C(=O)OC)cc2)=CC=C1C1=CC=CC1. The number of ketones is 1. The lowest BCUT2D eigenvalue weighted by Gasteiger charge is -2.18. The lowest BCUT2D eigenvalue weighted by molar-refractivity contribution is -0.118. The molecule has 3 nitrogen and oxygen atoms in total. The highest BCUT2D eigenvalue weighted by Crippen LogP contribution is 2.38. The molecule has 3 rings (SSSR count). The zero-order valence-corrected chi connectivity index (χ0v) is 16.0. The maximum absolute atomic E-state index is 12.4. The van der Waals surface area contributed by atoms with Crippen LogP contribution in [-0.2, 0) is 16.0 Å². The maximum Gasteiger partial charge on any atom is 0.337 e. The van der Waals surface area contributed by atoms with Crippen LogP contribution in [-0.4, -0.2) is 18.9 Å². The van der Waals surface area contributed by atoms with Crippen molar-refractivity contribution in [3.05, 3.63) is 82.5 Å². The number of rotatable bonds is 8. The van der Waals surface area contributed by atoms with Gasteiger partial charge in [-0.15, -0.1) is 0 Å². The molecule has 0 radical (unpaired) electrons. The smallest absolute Gasteiger partial charge is 0.337 e. The second-order valence-electron chi connectivity index (χ2n) is 7.05. The van der Waals surface area contributed by atoms with Crippen LogP contribution in [0.4, 0.5) is 0 Å². The number of methoxy groups -OCH3 is 1. The van der Waals surface area contributed by atoms with Crippen LogP contribution < -0.4 is 0 Å². The fraction of sp³-hybridized carbons (Fsp3) is 0.333. The fourth-order valence-electron chi connectivity index (χ4n) is 3.84. The molecular formula is C24H26O3. The third kappa shape index (κ3) is 4.54. The molecule has 1 aromatic carbocycles. The number of carbonyl (C=O) groups excluding carboxylic acids is 2. The molecule has 2 aliphatic rings. The van der Waals surface area contributed by atoms with Crippen LogP contribution in [0.25, 0.3) is 0 Å². The monoisotopic (exact) mass is 362 g/mol. The molecule has 140 valence electrons. The molecule has 0 aliphatic heterocycles. The zero-order chi connectivity index (χ0) is 19.2. The fourth-order valence-corrected chi connectivity index (χ4v) is 3.84. The first-order chi connectivity index (χ1) is 13.1. The molecule has 27 heavy (non-hydrogen) atoms. The highest BCUT2D eigenvalue weighted by Gasteiger charge is 2.24. The molecule has 1 atom stereocenters. The summed E-state index contributed by atoms with van der Waals surface area (Å²) < 4.78 is 4.69. The predicted molar refractivity (Wildman–Crippen MR) is 108 cm³/mol. The molecular weight excluding hydrogens is 336 g/mol. The van der Waals surface area contributed by atoms with E-state index < -0.39 is 0 Å². The molecule has 1 unspecified atom stereocenters. The number of Topliss-reactive ketones (excluding diaryl/α,β-unsaturated/α-hetero) is 1. The minimum atomic E-state index is -0.359. The molecule has 1 aromatic rings. The molecule has 0 spiro atoms. The average Bonchev–Trinajstić information content (AvgIpc) is 3.35. The maximum atomic E-state index is 12.4.